The summed E-state index contributed by atoms with van der Waals surface area (Å²) >= 11 is 0. The van der Waals surface area contributed by atoms with Crippen LogP contribution in [0.2, 0.25) is 0 Å². The maximum absolute atomic E-state index is 13.0. The van der Waals surface area contributed by atoms with E-state index in [1.807, 2.05) is 30.9 Å². The van der Waals surface area contributed by atoms with E-state index in [9.17, 15) is 9.18 Å². The van der Waals surface area contributed by atoms with Crippen molar-refractivity contribution in [3.05, 3.63) is 35.6 Å². The van der Waals surface area contributed by atoms with Crippen molar-refractivity contribution in [1.29, 1.82) is 0 Å². The Labute approximate surface area is 137 Å². The third kappa shape index (κ3) is 3.56. The molecule has 2 fully saturated rings. The summed E-state index contributed by atoms with van der Waals surface area (Å²) in [5.41, 5.74) is 0.938. The molecule has 0 aliphatic carbocycles. The standard InChI is InChI=1S/C18H25FN2O2/c1-3-21-13-18(23-14(2)17(21)22)8-10-20(11-9-18)12-15-4-6-16(19)7-5-15/h4-7,14H,3,8-13H2,1-2H3/t14-/m0/s1. The molecule has 0 radical (unpaired) electrons. The second kappa shape index (κ2) is 6.57. The SMILES string of the molecule is CCN1CC2(CCN(Cc3ccc(F)cc3)CC2)O[C@@H](C)C1=O. The number of piperidine rings is 1. The largest absolute Gasteiger partial charge is 0.360 e. The van der Waals surface area contributed by atoms with Crippen molar-refractivity contribution in [1.82, 2.24) is 9.80 Å². The second-order valence-corrected chi connectivity index (χ2v) is 6.70. The van der Waals surface area contributed by atoms with Crippen LogP contribution in [0.25, 0.3) is 0 Å². The van der Waals surface area contributed by atoms with Gasteiger partial charge in [-0.25, -0.2) is 4.39 Å². The van der Waals surface area contributed by atoms with E-state index < -0.39 is 0 Å². The highest BCUT2D eigenvalue weighted by atomic mass is 19.1. The highest BCUT2D eigenvalue weighted by molar-refractivity contribution is 5.81. The number of amides is 1. The predicted octanol–water partition coefficient (Wildman–Crippen LogP) is 2.43. The average molecular weight is 320 g/mol. The van der Waals surface area contributed by atoms with Crippen LogP contribution in [-0.2, 0) is 16.1 Å². The summed E-state index contributed by atoms with van der Waals surface area (Å²) in [7, 11) is 0. The zero-order chi connectivity index (χ0) is 16.4. The Morgan fingerprint density at radius 3 is 2.52 bits per heavy atom. The second-order valence-electron chi connectivity index (χ2n) is 6.70. The van der Waals surface area contributed by atoms with E-state index in [0.29, 0.717) is 6.54 Å². The fourth-order valence-electron chi connectivity index (χ4n) is 3.66. The number of nitrogens with zero attached hydrogens (tertiary/aromatic N) is 2. The summed E-state index contributed by atoms with van der Waals surface area (Å²) in [6.07, 6.45) is 1.53. The summed E-state index contributed by atoms with van der Waals surface area (Å²) < 4.78 is 19.1. The van der Waals surface area contributed by atoms with Gasteiger partial charge in [0.2, 0.25) is 0 Å². The van der Waals surface area contributed by atoms with Gasteiger partial charge in [-0.3, -0.25) is 9.69 Å². The molecule has 0 bridgehead atoms. The summed E-state index contributed by atoms with van der Waals surface area (Å²) in [5, 5.41) is 0. The van der Waals surface area contributed by atoms with Crippen LogP contribution >= 0.6 is 0 Å². The number of likely N-dealkylation sites (tertiary alicyclic amines) is 1. The highest BCUT2D eigenvalue weighted by Gasteiger charge is 2.44. The van der Waals surface area contributed by atoms with Gasteiger partial charge in [-0.05, 0) is 44.4 Å². The van der Waals surface area contributed by atoms with Crippen LogP contribution in [0.1, 0.15) is 32.3 Å². The Kier molecular flexibility index (Phi) is 4.69. The predicted molar refractivity (Wildman–Crippen MR) is 86.4 cm³/mol. The average Bonchev–Trinajstić information content (AvgIpc) is 2.55. The van der Waals surface area contributed by atoms with E-state index in [4.69, 9.17) is 4.74 Å². The van der Waals surface area contributed by atoms with Crippen molar-refractivity contribution in [2.75, 3.05) is 26.2 Å². The van der Waals surface area contributed by atoms with Gasteiger partial charge in [0, 0.05) is 32.7 Å². The van der Waals surface area contributed by atoms with Gasteiger partial charge >= 0.3 is 0 Å². The fourth-order valence-corrected chi connectivity index (χ4v) is 3.66. The number of halogens is 1. The topological polar surface area (TPSA) is 32.8 Å². The molecule has 2 aliphatic heterocycles. The minimum absolute atomic E-state index is 0.104. The summed E-state index contributed by atoms with van der Waals surface area (Å²) in [6, 6.07) is 6.71. The molecule has 1 spiro atoms. The molecule has 4 nitrogen and oxygen atoms in total. The Bertz CT molecular complexity index is 553. The van der Waals surface area contributed by atoms with Crippen LogP contribution in [0.5, 0.6) is 0 Å². The molecular formula is C18H25FN2O2. The summed E-state index contributed by atoms with van der Waals surface area (Å²) in [4.78, 5) is 16.4. The number of rotatable bonds is 3. The van der Waals surface area contributed by atoms with Crippen LogP contribution in [0.3, 0.4) is 0 Å². The summed E-state index contributed by atoms with van der Waals surface area (Å²) in [5.74, 6) is -0.0906. The lowest BCUT2D eigenvalue weighted by Crippen LogP contribution is -2.61. The molecule has 1 amide bonds. The molecule has 0 unspecified atom stereocenters. The van der Waals surface area contributed by atoms with Gasteiger partial charge in [0.1, 0.15) is 11.9 Å². The molecule has 0 N–H and O–H groups in total. The van der Waals surface area contributed by atoms with Gasteiger partial charge in [-0.15, -0.1) is 0 Å². The molecule has 2 aliphatic rings. The van der Waals surface area contributed by atoms with E-state index in [1.54, 1.807) is 0 Å². The van der Waals surface area contributed by atoms with E-state index in [2.05, 4.69) is 4.90 Å². The minimum Gasteiger partial charge on any atom is -0.360 e. The Morgan fingerprint density at radius 2 is 1.91 bits per heavy atom. The van der Waals surface area contributed by atoms with E-state index in [-0.39, 0.29) is 23.4 Å². The Balaban J connectivity index is 1.59. The number of hydrogen-bond acceptors (Lipinski definition) is 3. The first-order chi connectivity index (χ1) is 11.0. The highest BCUT2D eigenvalue weighted by Crippen LogP contribution is 2.33. The first kappa shape index (κ1) is 16.4. The van der Waals surface area contributed by atoms with Gasteiger partial charge < -0.3 is 9.64 Å². The quantitative estimate of drug-likeness (QED) is 0.857. The first-order valence-corrected chi connectivity index (χ1v) is 8.45. The van der Waals surface area contributed by atoms with E-state index in [0.717, 1.165) is 44.6 Å². The maximum Gasteiger partial charge on any atom is 0.251 e. The normalized spacial score (nSPS) is 25.1. The third-order valence-electron chi connectivity index (χ3n) is 5.03. The number of ether oxygens (including phenoxy) is 1. The van der Waals surface area contributed by atoms with E-state index in [1.165, 1.54) is 12.1 Å². The number of morpholine rings is 1. The molecule has 2 heterocycles. The third-order valence-corrected chi connectivity index (χ3v) is 5.03. The number of carbonyl (C=O) groups is 1. The smallest absolute Gasteiger partial charge is 0.251 e. The van der Waals surface area contributed by atoms with Crippen LogP contribution in [0.15, 0.2) is 24.3 Å². The van der Waals surface area contributed by atoms with Gasteiger partial charge in [0.25, 0.3) is 5.91 Å². The number of likely N-dealkylation sites (N-methyl/N-ethyl adjacent to an activating group) is 1. The van der Waals surface area contributed by atoms with Crippen LogP contribution in [0, 0.1) is 5.82 Å². The van der Waals surface area contributed by atoms with Crippen molar-refractivity contribution in [3.8, 4) is 0 Å². The number of carbonyl (C=O) groups excluding carboxylic acids is 1. The van der Waals surface area contributed by atoms with E-state index >= 15 is 0 Å². The molecule has 1 atom stereocenters. The maximum atomic E-state index is 13.0. The van der Waals surface area contributed by atoms with Crippen LogP contribution < -0.4 is 0 Å². The molecule has 0 saturated carbocycles. The Morgan fingerprint density at radius 1 is 1.26 bits per heavy atom. The van der Waals surface area contributed by atoms with Crippen LogP contribution in [0.4, 0.5) is 4.39 Å². The molecule has 0 aromatic heterocycles. The number of hydrogen-bond donors (Lipinski definition) is 0. The molecule has 5 heteroatoms. The van der Waals surface area contributed by atoms with Gasteiger partial charge in [-0.1, -0.05) is 12.1 Å². The van der Waals surface area contributed by atoms with Gasteiger partial charge in [0.05, 0.1) is 5.60 Å². The lowest BCUT2D eigenvalue weighted by atomic mass is 9.88. The first-order valence-electron chi connectivity index (χ1n) is 8.45. The zero-order valence-electron chi connectivity index (χ0n) is 13.9. The minimum atomic E-state index is -0.340. The van der Waals surface area contributed by atoms with Crippen LogP contribution in [-0.4, -0.2) is 53.6 Å². The Hall–Kier alpha value is -1.46. The van der Waals surface area contributed by atoms with Gasteiger partial charge in [-0.2, -0.15) is 0 Å². The van der Waals surface area contributed by atoms with Crippen molar-refractivity contribution in [3.63, 3.8) is 0 Å². The number of benzene rings is 1. The lowest BCUT2D eigenvalue weighted by molar-refractivity contribution is -0.189. The van der Waals surface area contributed by atoms with Crippen molar-refractivity contribution in [2.24, 2.45) is 0 Å². The van der Waals surface area contributed by atoms with Crippen molar-refractivity contribution >= 4 is 5.91 Å². The van der Waals surface area contributed by atoms with Crippen molar-refractivity contribution in [2.45, 2.75) is 44.9 Å². The lowest BCUT2D eigenvalue weighted by Gasteiger charge is -2.49. The van der Waals surface area contributed by atoms with Gasteiger partial charge in [0.15, 0.2) is 0 Å². The molecule has 2 saturated heterocycles. The zero-order valence-corrected chi connectivity index (χ0v) is 13.9. The molecule has 1 aromatic carbocycles. The molecular weight excluding hydrogens is 295 g/mol. The molecule has 3 rings (SSSR count). The van der Waals surface area contributed by atoms with Crippen molar-refractivity contribution < 1.29 is 13.9 Å². The molecule has 1 aromatic rings. The monoisotopic (exact) mass is 320 g/mol. The molecule has 126 valence electrons. The fraction of sp³-hybridized carbons (Fsp3) is 0.611. The summed E-state index contributed by atoms with van der Waals surface area (Å²) in [6.45, 7) is 8.04. The molecule has 23 heavy (non-hydrogen) atoms.